The van der Waals surface area contributed by atoms with Crippen LogP contribution in [0.25, 0.3) is 0 Å². The lowest BCUT2D eigenvalue weighted by molar-refractivity contribution is -0.143. The van der Waals surface area contributed by atoms with Crippen LogP contribution in [0.3, 0.4) is 0 Å². The maximum Gasteiger partial charge on any atom is 0.306 e. The van der Waals surface area contributed by atoms with Crippen molar-refractivity contribution in [2.45, 2.75) is 31.8 Å². The van der Waals surface area contributed by atoms with Crippen LogP contribution in [0.5, 0.6) is 0 Å². The Morgan fingerprint density at radius 2 is 2.18 bits per heavy atom. The van der Waals surface area contributed by atoms with Gasteiger partial charge in [0.05, 0.1) is 13.0 Å². The van der Waals surface area contributed by atoms with Crippen LogP contribution in [0.2, 0.25) is 0 Å². The number of esters is 1. The van der Waals surface area contributed by atoms with Crippen molar-refractivity contribution >= 4 is 19.2 Å². The van der Waals surface area contributed by atoms with E-state index in [2.05, 4.69) is 30.3 Å². The highest BCUT2D eigenvalue weighted by Gasteiger charge is 2.30. The normalized spacial score (nSPS) is 23.6. The molecule has 3 heteroatoms. The first kappa shape index (κ1) is 12.6. The highest BCUT2D eigenvalue weighted by molar-refractivity contribution is 7.66. The molecule has 0 spiro atoms. The van der Waals surface area contributed by atoms with Gasteiger partial charge in [0.15, 0.2) is 0 Å². The fourth-order valence-electron chi connectivity index (χ4n) is 2.42. The maximum atomic E-state index is 11.6. The topological polar surface area (TPSA) is 26.3 Å². The largest absolute Gasteiger partial charge is 0.466 e. The first-order valence-corrected chi connectivity index (χ1v) is 7.88. The molecule has 0 aromatic heterocycles. The van der Waals surface area contributed by atoms with Gasteiger partial charge in [0, 0.05) is 0 Å². The van der Waals surface area contributed by atoms with Crippen molar-refractivity contribution in [1.82, 2.24) is 0 Å². The first-order valence-electron chi connectivity index (χ1n) is 6.28. The molecule has 2 nitrogen and oxygen atoms in total. The molecule has 0 radical (unpaired) electrons. The van der Waals surface area contributed by atoms with Gasteiger partial charge >= 0.3 is 5.97 Å². The SMILES string of the molecule is CCOC(=O)C[C@H]1CCC[P@]1c1ccccc1. The van der Waals surface area contributed by atoms with E-state index in [4.69, 9.17) is 4.74 Å². The average molecular weight is 250 g/mol. The summed E-state index contributed by atoms with van der Waals surface area (Å²) in [6.07, 6.45) is 4.31. The van der Waals surface area contributed by atoms with Crippen molar-refractivity contribution in [3.05, 3.63) is 30.3 Å². The van der Waals surface area contributed by atoms with Gasteiger partial charge < -0.3 is 4.74 Å². The summed E-state index contributed by atoms with van der Waals surface area (Å²) < 4.78 is 5.06. The lowest BCUT2D eigenvalue weighted by atomic mass is 10.2. The van der Waals surface area contributed by atoms with Gasteiger partial charge in [0.1, 0.15) is 0 Å². The molecule has 92 valence electrons. The molecule has 17 heavy (non-hydrogen) atoms. The second-order valence-corrected chi connectivity index (χ2v) is 6.97. The molecular formula is C14H19O2P. The predicted molar refractivity (Wildman–Crippen MR) is 72.1 cm³/mol. The number of benzene rings is 1. The van der Waals surface area contributed by atoms with Crippen molar-refractivity contribution in [2.75, 3.05) is 12.8 Å². The molecule has 0 bridgehead atoms. The molecule has 1 heterocycles. The molecule has 0 saturated carbocycles. The monoisotopic (exact) mass is 250 g/mol. The van der Waals surface area contributed by atoms with Crippen molar-refractivity contribution in [1.29, 1.82) is 0 Å². The fourth-order valence-corrected chi connectivity index (χ4v) is 5.41. The lowest BCUT2D eigenvalue weighted by Crippen LogP contribution is -2.16. The number of carbonyl (C=O) groups is 1. The van der Waals surface area contributed by atoms with Crippen LogP contribution in [-0.4, -0.2) is 24.4 Å². The Labute approximate surface area is 104 Å². The number of ether oxygens (including phenoxy) is 1. The standard InChI is InChI=1S/C14H19O2P/c1-2-16-14(15)11-13-9-6-10-17(13)12-7-4-3-5-8-12/h3-5,7-8,13H,2,6,9-11H2,1H3/t13-,17-/m1/s1. The summed E-state index contributed by atoms with van der Waals surface area (Å²) in [6, 6.07) is 10.6. The third-order valence-electron chi connectivity index (χ3n) is 3.17. The molecular weight excluding hydrogens is 231 g/mol. The predicted octanol–water partition coefficient (Wildman–Crippen LogP) is 2.91. The van der Waals surface area contributed by atoms with Gasteiger partial charge in [-0.05, 0) is 36.9 Å². The van der Waals surface area contributed by atoms with Crippen LogP contribution < -0.4 is 5.30 Å². The van der Waals surface area contributed by atoms with Gasteiger partial charge in [-0.15, -0.1) is 0 Å². The van der Waals surface area contributed by atoms with E-state index < -0.39 is 0 Å². The van der Waals surface area contributed by atoms with Crippen molar-refractivity contribution in [3.63, 3.8) is 0 Å². The minimum absolute atomic E-state index is 0.0252. The van der Waals surface area contributed by atoms with Gasteiger partial charge in [-0.2, -0.15) is 0 Å². The Balaban J connectivity index is 2.00. The molecule has 0 amide bonds. The van der Waals surface area contributed by atoms with Crippen LogP contribution in [-0.2, 0) is 9.53 Å². The molecule has 1 fully saturated rings. The van der Waals surface area contributed by atoms with E-state index in [1.807, 2.05) is 6.92 Å². The Kier molecular flexibility index (Phi) is 4.56. The van der Waals surface area contributed by atoms with E-state index in [0.29, 0.717) is 18.7 Å². The smallest absolute Gasteiger partial charge is 0.306 e. The molecule has 1 aliphatic rings. The van der Waals surface area contributed by atoms with Crippen molar-refractivity contribution < 1.29 is 9.53 Å². The fraction of sp³-hybridized carbons (Fsp3) is 0.500. The van der Waals surface area contributed by atoms with Gasteiger partial charge in [-0.25, -0.2) is 0 Å². The Hall–Kier alpha value is -0.880. The maximum absolute atomic E-state index is 11.6. The van der Waals surface area contributed by atoms with Crippen LogP contribution in [0.4, 0.5) is 0 Å². The van der Waals surface area contributed by atoms with Crippen LogP contribution in [0.15, 0.2) is 30.3 Å². The Morgan fingerprint density at radius 3 is 2.88 bits per heavy atom. The second-order valence-electron chi connectivity index (χ2n) is 4.33. The summed E-state index contributed by atoms with van der Waals surface area (Å²) in [5.41, 5.74) is 0.534. The zero-order valence-corrected chi connectivity index (χ0v) is 11.2. The third-order valence-corrected chi connectivity index (χ3v) is 6.25. The van der Waals surface area contributed by atoms with E-state index in [1.165, 1.54) is 24.3 Å². The van der Waals surface area contributed by atoms with E-state index in [0.717, 1.165) is 0 Å². The molecule has 1 aromatic carbocycles. The summed E-state index contributed by atoms with van der Waals surface area (Å²) in [4.78, 5) is 11.6. The van der Waals surface area contributed by atoms with E-state index in [9.17, 15) is 4.79 Å². The van der Waals surface area contributed by atoms with E-state index in [1.54, 1.807) is 0 Å². The average Bonchev–Trinajstić information content (AvgIpc) is 2.78. The van der Waals surface area contributed by atoms with Gasteiger partial charge in [0.2, 0.25) is 0 Å². The van der Waals surface area contributed by atoms with Crippen LogP contribution >= 0.6 is 7.92 Å². The van der Waals surface area contributed by atoms with Crippen molar-refractivity contribution in [3.8, 4) is 0 Å². The summed E-state index contributed by atoms with van der Waals surface area (Å²) in [5, 5.41) is 1.44. The van der Waals surface area contributed by atoms with Gasteiger partial charge in [0.25, 0.3) is 0 Å². The number of carbonyl (C=O) groups excluding carboxylic acids is 1. The molecule has 0 unspecified atom stereocenters. The zero-order valence-electron chi connectivity index (χ0n) is 10.3. The summed E-state index contributed by atoms with van der Waals surface area (Å²) in [7, 11) is -0.148. The molecule has 1 saturated heterocycles. The molecule has 1 aromatic rings. The lowest BCUT2D eigenvalue weighted by Gasteiger charge is -2.19. The second kappa shape index (κ2) is 6.16. The van der Waals surface area contributed by atoms with Gasteiger partial charge in [-0.3, -0.25) is 4.79 Å². The van der Waals surface area contributed by atoms with E-state index in [-0.39, 0.29) is 13.9 Å². The number of rotatable bonds is 4. The molecule has 2 rings (SSSR count). The Morgan fingerprint density at radius 1 is 1.41 bits per heavy atom. The van der Waals surface area contributed by atoms with Crippen LogP contribution in [0, 0.1) is 0 Å². The molecule has 2 atom stereocenters. The Bertz CT molecular complexity index is 364. The number of hydrogen-bond donors (Lipinski definition) is 0. The number of hydrogen-bond acceptors (Lipinski definition) is 2. The molecule has 1 aliphatic heterocycles. The third kappa shape index (κ3) is 3.29. The highest BCUT2D eigenvalue weighted by atomic mass is 31.1. The van der Waals surface area contributed by atoms with E-state index >= 15 is 0 Å². The summed E-state index contributed by atoms with van der Waals surface area (Å²) in [6.45, 7) is 2.36. The van der Waals surface area contributed by atoms with Crippen LogP contribution in [0.1, 0.15) is 26.2 Å². The minimum atomic E-state index is -0.148. The first-order chi connectivity index (χ1) is 8.31. The molecule has 0 N–H and O–H groups in total. The van der Waals surface area contributed by atoms with Crippen molar-refractivity contribution in [2.24, 2.45) is 0 Å². The summed E-state index contributed by atoms with van der Waals surface area (Å²) in [5.74, 6) is -0.0252. The summed E-state index contributed by atoms with van der Waals surface area (Å²) >= 11 is 0. The highest BCUT2D eigenvalue weighted by Crippen LogP contribution is 2.50. The zero-order chi connectivity index (χ0) is 12.1. The minimum Gasteiger partial charge on any atom is -0.466 e. The quantitative estimate of drug-likeness (QED) is 0.606. The molecule has 0 aliphatic carbocycles. The van der Waals surface area contributed by atoms with Gasteiger partial charge in [-0.1, -0.05) is 38.3 Å².